The van der Waals surface area contributed by atoms with Gasteiger partial charge >= 0.3 is 0 Å². The van der Waals surface area contributed by atoms with E-state index in [2.05, 4.69) is 54.5 Å². The average molecular weight is 306 g/mol. The molecule has 0 saturated heterocycles. The number of ether oxygens (including phenoxy) is 1. The van der Waals surface area contributed by atoms with Gasteiger partial charge in [-0.15, -0.1) is 0 Å². The molecule has 118 valence electrons. The summed E-state index contributed by atoms with van der Waals surface area (Å²) in [6.07, 6.45) is 0. The summed E-state index contributed by atoms with van der Waals surface area (Å²) in [6.45, 7) is 7.12. The predicted molar refractivity (Wildman–Crippen MR) is 96.3 cm³/mol. The van der Waals surface area contributed by atoms with Crippen LogP contribution >= 0.6 is 0 Å². The third kappa shape index (κ3) is 3.00. The van der Waals surface area contributed by atoms with Crippen molar-refractivity contribution in [1.29, 1.82) is 0 Å². The van der Waals surface area contributed by atoms with Crippen LogP contribution in [0.2, 0.25) is 0 Å². The standard InChI is InChI=1S/C20H22N2O/c1-13-7-5-8-14(2)17(13)12-21-18-11-15(3)22-20-16(18)9-6-10-19(20)23-4/h5-11H,12H2,1-4H3,(H,21,22). The van der Waals surface area contributed by atoms with Crippen molar-refractivity contribution in [2.75, 3.05) is 12.4 Å². The second kappa shape index (κ2) is 6.29. The van der Waals surface area contributed by atoms with Crippen LogP contribution in [0.15, 0.2) is 42.5 Å². The van der Waals surface area contributed by atoms with E-state index in [1.165, 1.54) is 16.7 Å². The number of benzene rings is 2. The lowest BCUT2D eigenvalue weighted by atomic mass is 10.0. The molecule has 1 N–H and O–H groups in total. The van der Waals surface area contributed by atoms with E-state index < -0.39 is 0 Å². The average Bonchev–Trinajstić information content (AvgIpc) is 2.53. The van der Waals surface area contributed by atoms with Crippen LogP contribution < -0.4 is 10.1 Å². The Labute approximate surface area is 137 Å². The third-order valence-corrected chi connectivity index (χ3v) is 4.25. The molecule has 0 aliphatic heterocycles. The number of hydrogen-bond donors (Lipinski definition) is 1. The van der Waals surface area contributed by atoms with Gasteiger partial charge in [0, 0.05) is 23.3 Å². The van der Waals surface area contributed by atoms with Gasteiger partial charge in [0.2, 0.25) is 0 Å². The highest BCUT2D eigenvalue weighted by Crippen LogP contribution is 2.30. The lowest BCUT2D eigenvalue weighted by Gasteiger charge is -2.15. The van der Waals surface area contributed by atoms with Crippen molar-refractivity contribution in [3.63, 3.8) is 0 Å². The highest BCUT2D eigenvalue weighted by atomic mass is 16.5. The molecule has 0 radical (unpaired) electrons. The lowest BCUT2D eigenvalue weighted by molar-refractivity contribution is 0.419. The number of para-hydroxylation sites is 1. The second-order valence-electron chi connectivity index (χ2n) is 5.89. The predicted octanol–water partition coefficient (Wildman–Crippen LogP) is 4.78. The van der Waals surface area contributed by atoms with Crippen LogP contribution in [0, 0.1) is 20.8 Å². The summed E-state index contributed by atoms with van der Waals surface area (Å²) in [7, 11) is 1.68. The van der Waals surface area contributed by atoms with Crippen LogP contribution in [-0.4, -0.2) is 12.1 Å². The topological polar surface area (TPSA) is 34.1 Å². The number of aromatic nitrogens is 1. The van der Waals surface area contributed by atoms with Gasteiger partial charge < -0.3 is 10.1 Å². The van der Waals surface area contributed by atoms with E-state index in [0.717, 1.165) is 34.6 Å². The minimum Gasteiger partial charge on any atom is -0.494 e. The van der Waals surface area contributed by atoms with Crippen molar-refractivity contribution in [3.05, 3.63) is 64.8 Å². The Morgan fingerprint density at radius 2 is 1.70 bits per heavy atom. The Kier molecular flexibility index (Phi) is 4.20. The normalized spacial score (nSPS) is 10.8. The molecule has 3 heteroatoms. The van der Waals surface area contributed by atoms with Crippen LogP contribution in [0.4, 0.5) is 5.69 Å². The molecule has 0 atom stereocenters. The molecule has 1 heterocycles. The number of methoxy groups -OCH3 is 1. The molecule has 3 aromatic rings. The molecule has 23 heavy (non-hydrogen) atoms. The Balaban J connectivity index is 2.00. The van der Waals surface area contributed by atoms with E-state index >= 15 is 0 Å². The first kappa shape index (κ1) is 15.3. The highest BCUT2D eigenvalue weighted by molar-refractivity contribution is 5.95. The molecular formula is C20H22N2O. The van der Waals surface area contributed by atoms with Gasteiger partial charge in [-0.2, -0.15) is 0 Å². The Hall–Kier alpha value is -2.55. The first-order chi connectivity index (χ1) is 11.1. The van der Waals surface area contributed by atoms with Crippen molar-refractivity contribution < 1.29 is 4.74 Å². The fraction of sp³-hybridized carbons (Fsp3) is 0.250. The summed E-state index contributed by atoms with van der Waals surface area (Å²) < 4.78 is 5.45. The SMILES string of the molecule is COc1cccc2c(NCc3c(C)cccc3C)cc(C)nc12. The summed E-state index contributed by atoms with van der Waals surface area (Å²) in [5, 5.41) is 4.67. The van der Waals surface area contributed by atoms with Gasteiger partial charge in [-0.05, 0) is 49.6 Å². The molecule has 0 bridgehead atoms. The van der Waals surface area contributed by atoms with E-state index in [1.807, 2.05) is 19.1 Å². The monoisotopic (exact) mass is 306 g/mol. The number of fused-ring (bicyclic) bond motifs is 1. The summed E-state index contributed by atoms with van der Waals surface area (Å²) in [5.74, 6) is 0.807. The fourth-order valence-corrected chi connectivity index (χ4v) is 2.97. The van der Waals surface area contributed by atoms with Gasteiger partial charge in [0.05, 0.1) is 7.11 Å². The molecule has 2 aromatic carbocycles. The van der Waals surface area contributed by atoms with Gasteiger partial charge in [-0.3, -0.25) is 0 Å². The van der Waals surface area contributed by atoms with Crippen molar-refractivity contribution in [1.82, 2.24) is 4.98 Å². The molecule has 0 fully saturated rings. The van der Waals surface area contributed by atoms with Crippen LogP contribution in [0.25, 0.3) is 10.9 Å². The zero-order valence-electron chi connectivity index (χ0n) is 14.1. The summed E-state index contributed by atoms with van der Waals surface area (Å²) >= 11 is 0. The third-order valence-electron chi connectivity index (χ3n) is 4.25. The Morgan fingerprint density at radius 1 is 1.00 bits per heavy atom. The van der Waals surface area contributed by atoms with E-state index in [-0.39, 0.29) is 0 Å². The van der Waals surface area contributed by atoms with E-state index in [4.69, 9.17) is 4.74 Å². The number of aryl methyl sites for hydroxylation is 3. The summed E-state index contributed by atoms with van der Waals surface area (Å²) in [6, 6.07) is 14.5. The number of rotatable bonds is 4. The van der Waals surface area contributed by atoms with Gasteiger partial charge in [-0.1, -0.05) is 30.3 Å². The summed E-state index contributed by atoms with van der Waals surface area (Å²) in [4.78, 5) is 4.63. The molecule has 0 unspecified atom stereocenters. The molecule has 3 rings (SSSR count). The van der Waals surface area contributed by atoms with Gasteiger partial charge in [0.1, 0.15) is 11.3 Å². The van der Waals surface area contributed by atoms with Crippen molar-refractivity contribution in [2.45, 2.75) is 27.3 Å². The molecule has 0 aliphatic rings. The van der Waals surface area contributed by atoms with Crippen molar-refractivity contribution >= 4 is 16.6 Å². The molecule has 0 aliphatic carbocycles. The number of nitrogens with one attached hydrogen (secondary N) is 1. The number of anilines is 1. The first-order valence-corrected chi connectivity index (χ1v) is 7.83. The first-order valence-electron chi connectivity index (χ1n) is 7.83. The molecular weight excluding hydrogens is 284 g/mol. The second-order valence-corrected chi connectivity index (χ2v) is 5.89. The number of nitrogens with zero attached hydrogens (tertiary/aromatic N) is 1. The van der Waals surface area contributed by atoms with Crippen LogP contribution in [0.5, 0.6) is 5.75 Å². The Bertz CT molecular complexity index is 835. The molecule has 3 nitrogen and oxygen atoms in total. The van der Waals surface area contributed by atoms with E-state index in [0.29, 0.717) is 0 Å². The quantitative estimate of drug-likeness (QED) is 0.753. The molecule has 0 saturated carbocycles. The lowest BCUT2D eigenvalue weighted by Crippen LogP contribution is -2.05. The van der Waals surface area contributed by atoms with Crippen LogP contribution in [0.3, 0.4) is 0 Å². The Morgan fingerprint density at radius 3 is 2.39 bits per heavy atom. The van der Waals surface area contributed by atoms with Crippen LogP contribution in [0.1, 0.15) is 22.4 Å². The number of pyridine rings is 1. The maximum absolute atomic E-state index is 5.45. The maximum Gasteiger partial charge on any atom is 0.145 e. The maximum atomic E-state index is 5.45. The van der Waals surface area contributed by atoms with Crippen molar-refractivity contribution in [2.24, 2.45) is 0 Å². The molecule has 0 amide bonds. The summed E-state index contributed by atoms with van der Waals surface area (Å²) in [5.41, 5.74) is 6.94. The number of hydrogen-bond acceptors (Lipinski definition) is 3. The molecule has 1 aromatic heterocycles. The van der Waals surface area contributed by atoms with Gasteiger partial charge in [-0.25, -0.2) is 4.98 Å². The van der Waals surface area contributed by atoms with Gasteiger partial charge in [0.25, 0.3) is 0 Å². The minimum atomic E-state index is 0.800. The molecule has 0 spiro atoms. The van der Waals surface area contributed by atoms with Gasteiger partial charge in [0.15, 0.2) is 0 Å². The minimum absolute atomic E-state index is 0.800. The zero-order chi connectivity index (χ0) is 16.4. The van der Waals surface area contributed by atoms with Crippen LogP contribution in [-0.2, 0) is 6.54 Å². The largest absolute Gasteiger partial charge is 0.494 e. The zero-order valence-corrected chi connectivity index (χ0v) is 14.1. The highest BCUT2D eigenvalue weighted by Gasteiger charge is 2.09. The van der Waals surface area contributed by atoms with E-state index in [1.54, 1.807) is 7.11 Å². The van der Waals surface area contributed by atoms with Crippen molar-refractivity contribution in [3.8, 4) is 5.75 Å². The van der Waals surface area contributed by atoms with E-state index in [9.17, 15) is 0 Å². The smallest absolute Gasteiger partial charge is 0.145 e. The fourth-order valence-electron chi connectivity index (χ4n) is 2.97.